The zero-order chi connectivity index (χ0) is 26.1. The number of anilines is 1. The van der Waals surface area contributed by atoms with Gasteiger partial charge in [0.15, 0.2) is 5.13 Å². The zero-order valence-electron chi connectivity index (χ0n) is 20.9. The number of hydrogen-bond donors (Lipinski definition) is 1. The van der Waals surface area contributed by atoms with Crippen molar-refractivity contribution < 1.29 is 24.2 Å². The highest BCUT2D eigenvalue weighted by molar-refractivity contribution is 7.13. The number of piperazine rings is 1. The van der Waals surface area contributed by atoms with Gasteiger partial charge in [-0.3, -0.25) is 9.47 Å². The Morgan fingerprint density at radius 1 is 1.16 bits per heavy atom. The number of rotatable bonds is 6. The Morgan fingerprint density at radius 2 is 1.95 bits per heavy atom. The van der Waals surface area contributed by atoms with Crippen molar-refractivity contribution in [3.05, 3.63) is 76.4 Å². The van der Waals surface area contributed by atoms with E-state index in [0.717, 1.165) is 52.6 Å². The molecule has 192 valence electrons. The van der Waals surface area contributed by atoms with Crippen molar-refractivity contribution in [3.8, 4) is 5.75 Å². The van der Waals surface area contributed by atoms with Gasteiger partial charge in [-0.2, -0.15) is 0 Å². The third kappa shape index (κ3) is 4.65. The predicted molar refractivity (Wildman–Crippen MR) is 142 cm³/mol. The van der Waals surface area contributed by atoms with Crippen LogP contribution in [0.25, 0.3) is 10.9 Å². The molecule has 10 heteroatoms. The van der Waals surface area contributed by atoms with Gasteiger partial charge in [0.1, 0.15) is 5.75 Å². The number of carboxylic acid groups (broad SMARTS) is 1. The second-order valence-electron chi connectivity index (χ2n) is 8.97. The number of carbonyl (C=O) groups excluding carboxylic acids is 1. The van der Waals surface area contributed by atoms with Crippen LogP contribution in [-0.2, 0) is 11.3 Å². The average Bonchev–Trinajstić information content (AvgIpc) is 3.61. The first-order valence-electron chi connectivity index (χ1n) is 11.9. The van der Waals surface area contributed by atoms with E-state index in [2.05, 4.69) is 14.8 Å². The Hall–Kier alpha value is -3.89. The fourth-order valence-electron chi connectivity index (χ4n) is 5.10. The van der Waals surface area contributed by atoms with Crippen molar-refractivity contribution in [2.75, 3.05) is 38.8 Å². The molecule has 0 aliphatic carbocycles. The summed E-state index contributed by atoms with van der Waals surface area (Å²) in [6.45, 7) is 4.75. The molecule has 2 aromatic heterocycles. The maximum atomic E-state index is 12.0. The van der Waals surface area contributed by atoms with E-state index in [4.69, 9.17) is 9.47 Å². The predicted octanol–water partition coefficient (Wildman–Crippen LogP) is 4.79. The standard InChI is InChI=1S/C27H28N4O5S/c1-17-14-23(35-2)21(20-8-10-31(24(17)20)27(33)34)15-29-11-12-30(26-28-9-13-37-26)16-22(29)18-4-6-19(7-5-18)25(32)36-3/h4-10,13-14,22H,11-12,15-16H2,1-3H3,(H,33,34). The fraction of sp³-hybridized carbons (Fsp3) is 0.296. The van der Waals surface area contributed by atoms with Crippen LogP contribution in [0.2, 0.25) is 0 Å². The van der Waals surface area contributed by atoms with Gasteiger partial charge in [-0.05, 0) is 42.3 Å². The van der Waals surface area contributed by atoms with Crippen molar-refractivity contribution >= 4 is 39.4 Å². The molecule has 1 unspecified atom stereocenters. The number of aromatic nitrogens is 2. The number of methoxy groups -OCH3 is 2. The monoisotopic (exact) mass is 520 g/mol. The molecule has 9 nitrogen and oxygen atoms in total. The summed E-state index contributed by atoms with van der Waals surface area (Å²) in [5.41, 5.74) is 4.03. The molecule has 1 atom stereocenters. The van der Waals surface area contributed by atoms with Crippen LogP contribution in [0.3, 0.4) is 0 Å². The highest BCUT2D eigenvalue weighted by atomic mass is 32.1. The van der Waals surface area contributed by atoms with Gasteiger partial charge >= 0.3 is 12.1 Å². The van der Waals surface area contributed by atoms with Gasteiger partial charge in [0, 0.05) is 54.9 Å². The summed E-state index contributed by atoms with van der Waals surface area (Å²) in [5.74, 6) is 0.362. The molecule has 0 radical (unpaired) electrons. The van der Waals surface area contributed by atoms with E-state index in [9.17, 15) is 14.7 Å². The van der Waals surface area contributed by atoms with Gasteiger partial charge in [-0.25, -0.2) is 14.6 Å². The van der Waals surface area contributed by atoms with E-state index in [1.54, 1.807) is 36.8 Å². The molecular formula is C27H28N4O5S. The quantitative estimate of drug-likeness (QED) is 0.363. The molecule has 4 aromatic rings. The molecule has 2 aromatic carbocycles. The van der Waals surface area contributed by atoms with Crippen molar-refractivity contribution in [1.82, 2.24) is 14.5 Å². The molecule has 5 rings (SSSR count). The van der Waals surface area contributed by atoms with Gasteiger partial charge in [0.25, 0.3) is 0 Å². The van der Waals surface area contributed by atoms with Crippen LogP contribution < -0.4 is 9.64 Å². The lowest BCUT2D eigenvalue weighted by molar-refractivity contribution is 0.0600. The second-order valence-corrected chi connectivity index (χ2v) is 9.84. The first-order chi connectivity index (χ1) is 17.9. The number of ether oxygens (including phenoxy) is 2. The minimum absolute atomic E-state index is 0.00645. The molecule has 0 amide bonds. The number of nitrogens with zero attached hydrogens (tertiary/aromatic N) is 4. The molecule has 0 bridgehead atoms. The van der Waals surface area contributed by atoms with Crippen LogP contribution >= 0.6 is 11.3 Å². The van der Waals surface area contributed by atoms with Crippen molar-refractivity contribution in [2.24, 2.45) is 0 Å². The van der Waals surface area contributed by atoms with E-state index < -0.39 is 6.09 Å². The van der Waals surface area contributed by atoms with Crippen LogP contribution in [0.1, 0.15) is 33.1 Å². The largest absolute Gasteiger partial charge is 0.496 e. The van der Waals surface area contributed by atoms with Gasteiger partial charge in [-0.15, -0.1) is 11.3 Å². The molecular weight excluding hydrogens is 492 g/mol. The number of hydrogen-bond acceptors (Lipinski definition) is 8. The first-order valence-corrected chi connectivity index (χ1v) is 12.8. The number of aryl methyl sites for hydroxylation is 1. The molecule has 1 saturated heterocycles. The molecule has 1 N–H and O–H groups in total. The summed E-state index contributed by atoms with van der Waals surface area (Å²) in [5, 5.41) is 13.5. The minimum Gasteiger partial charge on any atom is -0.496 e. The third-order valence-electron chi connectivity index (χ3n) is 6.91. The van der Waals surface area contributed by atoms with Crippen molar-refractivity contribution in [3.63, 3.8) is 0 Å². The van der Waals surface area contributed by atoms with E-state index in [-0.39, 0.29) is 12.0 Å². The van der Waals surface area contributed by atoms with E-state index in [0.29, 0.717) is 17.6 Å². The lowest BCUT2D eigenvalue weighted by Gasteiger charge is -2.42. The Bertz CT molecular complexity index is 1430. The summed E-state index contributed by atoms with van der Waals surface area (Å²) in [4.78, 5) is 33.0. The average molecular weight is 521 g/mol. The van der Waals surface area contributed by atoms with Crippen LogP contribution in [0.5, 0.6) is 5.75 Å². The molecule has 3 heterocycles. The summed E-state index contributed by atoms with van der Waals surface area (Å²) >= 11 is 1.61. The number of fused-ring (bicyclic) bond motifs is 1. The zero-order valence-corrected chi connectivity index (χ0v) is 21.7. The molecule has 1 aliphatic rings. The second kappa shape index (κ2) is 10.2. The first kappa shape index (κ1) is 24.8. The van der Waals surface area contributed by atoms with Gasteiger partial charge in [-0.1, -0.05) is 12.1 Å². The summed E-state index contributed by atoms with van der Waals surface area (Å²) in [7, 11) is 3.01. The number of esters is 1. The highest BCUT2D eigenvalue weighted by Crippen LogP contribution is 2.37. The van der Waals surface area contributed by atoms with Gasteiger partial charge in [0.2, 0.25) is 0 Å². The van der Waals surface area contributed by atoms with Crippen LogP contribution in [-0.4, -0.2) is 65.5 Å². The highest BCUT2D eigenvalue weighted by Gasteiger charge is 2.31. The van der Waals surface area contributed by atoms with Crippen LogP contribution in [0.15, 0.2) is 54.2 Å². The van der Waals surface area contributed by atoms with Crippen LogP contribution in [0, 0.1) is 6.92 Å². The summed E-state index contributed by atoms with van der Waals surface area (Å²) < 4.78 is 11.9. The minimum atomic E-state index is -1.02. The van der Waals surface area contributed by atoms with E-state index in [1.165, 1.54) is 11.7 Å². The number of carbonyl (C=O) groups is 2. The molecule has 37 heavy (non-hydrogen) atoms. The smallest absolute Gasteiger partial charge is 0.416 e. The van der Waals surface area contributed by atoms with Gasteiger partial charge in [0.05, 0.1) is 31.3 Å². The normalized spacial score (nSPS) is 16.2. The SMILES string of the molecule is COC(=O)c1ccc(C2CN(c3nccs3)CCN2Cc2c(OC)cc(C)c3c2ccn3C(=O)O)cc1. The maximum absolute atomic E-state index is 12.0. The fourth-order valence-corrected chi connectivity index (χ4v) is 5.78. The maximum Gasteiger partial charge on any atom is 0.416 e. The lowest BCUT2D eigenvalue weighted by atomic mass is 9.98. The molecule has 1 aliphatic heterocycles. The Balaban J connectivity index is 1.54. The topological polar surface area (TPSA) is 97.1 Å². The van der Waals surface area contributed by atoms with E-state index >= 15 is 0 Å². The third-order valence-corrected chi connectivity index (χ3v) is 7.75. The number of benzene rings is 2. The Kier molecular flexibility index (Phi) is 6.86. The summed E-state index contributed by atoms with van der Waals surface area (Å²) in [6.07, 6.45) is 2.38. The molecule has 1 fully saturated rings. The Morgan fingerprint density at radius 3 is 2.59 bits per heavy atom. The van der Waals surface area contributed by atoms with Crippen molar-refractivity contribution in [1.29, 1.82) is 0 Å². The van der Waals surface area contributed by atoms with Crippen LogP contribution in [0.4, 0.5) is 9.93 Å². The Labute approximate surface area is 218 Å². The summed E-state index contributed by atoms with van der Waals surface area (Å²) in [6, 6.07) is 11.3. The van der Waals surface area contributed by atoms with Crippen molar-refractivity contribution in [2.45, 2.75) is 19.5 Å². The van der Waals surface area contributed by atoms with Gasteiger partial charge < -0.3 is 19.5 Å². The molecule has 0 spiro atoms. The molecule has 0 saturated carbocycles. The van der Waals surface area contributed by atoms with E-state index in [1.807, 2.05) is 42.8 Å². The number of thiazole rings is 1. The lowest BCUT2D eigenvalue weighted by Crippen LogP contribution is -2.48.